The van der Waals surface area contributed by atoms with Crippen LogP contribution in [0.5, 0.6) is 0 Å². The van der Waals surface area contributed by atoms with Gasteiger partial charge in [-0.15, -0.1) is 0 Å². The molecule has 2 aliphatic heterocycles. The van der Waals surface area contributed by atoms with Gasteiger partial charge in [-0.3, -0.25) is 9.69 Å². The fourth-order valence-corrected chi connectivity index (χ4v) is 2.68. The molecule has 2 saturated heterocycles. The highest BCUT2D eigenvalue weighted by molar-refractivity contribution is 6.05. The van der Waals surface area contributed by atoms with Crippen molar-refractivity contribution in [3.05, 3.63) is 0 Å². The summed E-state index contributed by atoms with van der Waals surface area (Å²) in [6.45, 7) is 6.41. The van der Waals surface area contributed by atoms with E-state index in [-0.39, 0.29) is 17.8 Å². The Labute approximate surface area is 119 Å². The van der Waals surface area contributed by atoms with Crippen LogP contribution >= 0.6 is 0 Å². The van der Waals surface area contributed by atoms with Crippen molar-refractivity contribution in [2.45, 2.75) is 38.8 Å². The summed E-state index contributed by atoms with van der Waals surface area (Å²) in [4.78, 5) is 14.5. The number of nitrogens with two attached hydrogens (primary N) is 1. The van der Waals surface area contributed by atoms with Crippen LogP contribution in [0.25, 0.3) is 0 Å². The van der Waals surface area contributed by atoms with Crippen LogP contribution in [0.3, 0.4) is 0 Å². The lowest BCUT2D eigenvalue weighted by Gasteiger charge is -2.35. The van der Waals surface area contributed by atoms with E-state index in [1.165, 1.54) is 12.8 Å². The van der Waals surface area contributed by atoms with Gasteiger partial charge in [-0.05, 0) is 33.2 Å². The third kappa shape index (κ3) is 3.04. The molecule has 0 radical (unpaired) electrons. The summed E-state index contributed by atoms with van der Waals surface area (Å²) in [7, 11) is 0. The molecule has 7 heteroatoms. The zero-order chi connectivity index (χ0) is 14.8. The van der Waals surface area contributed by atoms with E-state index in [1.54, 1.807) is 13.8 Å². The summed E-state index contributed by atoms with van der Waals surface area (Å²) in [6.07, 6.45) is 2.44. The number of carbonyl (C=O) groups excluding carboxylic acids is 1. The summed E-state index contributed by atoms with van der Waals surface area (Å²) >= 11 is 0. The van der Waals surface area contributed by atoms with Crippen LogP contribution < -0.4 is 11.1 Å². The fourth-order valence-electron chi connectivity index (χ4n) is 2.68. The SMILES string of the molecule is CC(C)(C(=O)NCC1CN2CCCC2CO1)C(N)=NO. The molecule has 2 atom stereocenters. The molecular formula is C13H24N4O3. The van der Waals surface area contributed by atoms with Crippen molar-refractivity contribution in [3.8, 4) is 0 Å². The van der Waals surface area contributed by atoms with Crippen LogP contribution in [-0.4, -0.2) is 60.2 Å². The van der Waals surface area contributed by atoms with Gasteiger partial charge in [0.2, 0.25) is 5.91 Å². The quantitative estimate of drug-likeness (QED) is 0.286. The van der Waals surface area contributed by atoms with Gasteiger partial charge < -0.3 is 21.0 Å². The summed E-state index contributed by atoms with van der Waals surface area (Å²) in [5, 5.41) is 14.4. The molecule has 2 heterocycles. The predicted octanol–water partition coefficient (Wildman–Crippen LogP) is -0.262. The molecule has 114 valence electrons. The van der Waals surface area contributed by atoms with Crippen molar-refractivity contribution in [2.24, 2.45) is 16.3 Å². The maximum absolute atomic E-state index is 12.1. The van der Waals surface area contributed by atoms with E-state index >= 15 is 0 Å². The number of carbonyl (C=O) groups is 1. The van der Waals surface area contributed by atoms with Crippen molar-refractivity contribution < 1.29 is 14.7 Å². The second-order valence-corrected chi connectivity index (χ2v) is 6.07. The number of oxime groups is 1. The Bertz CT molecular complexity index is 397. The monoisotopic (exact) mass is 284 g/mol. The molecular weight excluding hydrogens is 260 g/mol. The molecule has 2 aliphatic rings. The van der Waals surface area contributed by atoms with E-state index in [1.807, 2.05) is 0 Å². The van der Waals surface area contributed by atoms with E-state index in [4.69, 9.17) is 15.7 Å². The van der Waals surface area contributed by atoms with E-state index in [0.29, 0.717) is 12.6 Å². The lowest BCUT2D eigenvalue weighted by Crippen LogP contribution is -2.52. The van der Waals surface area contributed by atoms with Gasteiger partial charge in [-0.1, -0.05) is 5.16 Å². The molecule has 0 bridgehead atoms. The highest BCUT2D eigenvalue weighted by Crippen LogP contribution is 2.22. The van der Waals surface area contributed by atoms with Crippen LogP contribution in [0.4, 0.5) is 0 Å². The van der Waals surface area contributed by atoms with Gasteiger partial charge in [0.15, 0.2) is 5.84 Å². The maximum Gasteiger partial charge on any atom is 0.233 e. The Balaban J connectivity index is 1.82. The molecule has 2 unspecified atom stereocenters. The Kier molecular flexibility index (Phi) is 4.49. The maximum atomic E-state index is 12.1. The van der Waals surface area contributed by atoms with Gasteiger partial charge in [0.05, 0.1) is 12.7 Å². The van der Waals surface area contributed by atoms with Gasteiger partial charge in [0.25, 0.3) is 0 Å². The normalized spacial score (nSPS) is 28.2. The number of fused-ring (bicyclic) bond motifs is 1. The molecule has 0 aromatic heterocycles. The molecule has 2 rings (SSSR count). The Morgan fingerprint density at radius 3 is 3.05 bits per heavy atom. The molecule has 1 amide bonds. The molecule has 0 saturated carbocycles. The third-order valence-corrected chi connectivity index (χ3v) is 4.27. The van der Waals surface area contributed by atoms with Crippen LogP contribution in [0.15, 0.2) is 5.16 Å². The van der Waals surface area contributed by atoms with Gasteiger partial charge >= 0.3 is 0 Å². The lowest BCUT2D eigenvalue weighted by molar-refractivity contribution is -0.127. The number of rotatable bonds is 4. The summed E-state index contributed by atoms with van der Waals surface area (Å²) in [5.74, 6) is -0.362. The summed E-state index contributed by atoms with van der Waals surface area (Å²) < 4.78 is 5.77. The smallest absolute Gasteiger partial charge is 0.233 e. The second kappa shape index (κ2) is 5.97. The largest absolute Gasteiger partial charge is 0.409 e. The van der Waals surface area contributed by atoms with Crippen molar-refractivity contribution >= 4 is 11.7 Å². The van der Waals surface area contributed by atoms with Gasteiger partial charge in [0.1, 0.15) is 5.41 Å². The summed E-state index contributed by atoms with van der Waals surface area (Å²) in [6, 6.07) is 0.551. The van der Waals surface area contributed by atoms with Crippen LogP contribution in [-0.2, 0) is 9.53 Å². The van der Waals surface area contributed by atoms with Gasteiger partial charge in [0, 0.05) is 19.1 Å². The molecule has 2 fully saturated rings. The van der Waals surface area contributed by atoms with Crippen LogP contribution in [0, 0.1) is 5.41 Å². The van der Waals surface area contributed by atoms with Crippen molar-refractivity contribution in [3.63, 3.8) is 0 Å². The van der Waals surface area contributed by atoms with Crippen LogP contribution in [0.1, 0.15) is 26.7 Å². The summed E-state index contributed by atoms with van der Waals surface area (Å²) in [5.41, 5.74) is 4.50. The minimum atomic E-state index is -1.03. The van der Waals surface area contributed by atoms with E-state index in [2.05, 4.69) is 15.4 Å². The second-order valence-electron chi connectivity index (χ2n) is 6.07. The first-order valence-electron chi connectivity index (χ1n) is 7.07. The van der Waals surface area contributed by atoms with Crippen LogP contribution in [0.2, 0.25) is 0 Å². The third-order valence-electron chi connectivity index (χ3n) is 4.27. The molecule has 0 aliphatic carbocycles. The Morgan fingerprint density at radius 1 is 1.60 bits per heavy atom. The minimum absolute atomic E-state index is 0.0105. The lowest BCUT2D eigenvalue weighted by atomic mass is 9.91. The number of ether oxygens (including phenoxy) is 1. The van der Waals surface area contributed by atoms with Gasteiger partial charge in [-0.2, -0.15) is 0 Å². The zero-order valence-electron chi connectivity index (χ0n) is 12.1. The molecule has 4 N–H and O–H groups in total. The first kappa shape index (κ1) is 15.1. The number of morpholine rings is 1. The number of nitrogens with zero attached hydrogens (tertiary/aromatic N) is 2. The van der Waals surface area contributed by atoms with Gasteiger partial charge in [-0.25, -0.2) is 0 Å². The van der Waals surface area contributed by atoms with E-state index < -0.39 is 5.41 Å². The Morgan fingerprint density at radius 2 is 2.35 bits per heavy atom. The first-order chi connectivity index (χ1) is 9.45. The van der Waals surface area contributed by atoms with Crippen molar-refractivity contribution in [2.75, 3.05) is 26.2 Å². The predicted molar refractivity (Wildman–Crippen MR) is 74.5 cm³/mol. The number of amidine groups is 1. The van der Waals surface area contributed by atoms with Crippen molar-refractivity contribution in [1.29, 1.82) is 0 Å². The molecule has 7 nitrogen and oxygen atoms in total. The molecule has 0 aromatic rings. The van der Waals surface area contributed by atoms with E-state index in [9.17, 15) is 4.79 Å². The van der Waals surface area contributed by atoms with E-state index in [0.717, 1.165) is 19.7 Å². The number of hydrogen-bond donors (Lipinski definition) is 3. The number of nitrogens with one attached hydrogen (secondary N) is 1. The average Bonchev–Trinajstić information content (AvgIpc) is 2.90. The number of amides is 1. The minimum Gasteiger partial charge on any atom is -0.409 e. The molecule has 20 heavy (non-hydrogen) atoms. The number of hydrogen-bond acceptors (Lipinski definition) is 5. The zero-order valence-corrected chi connectivity index (χ0v) is 12.1. The molecule has 0 aromatic carbocycles. The fraction of sp³-hybridized carbons (Fsp3) is 0.846. The average molecular weight is 284 g/mol. The highest BCUT2D eigenvalue weighted by Gasteiger charge is 2.35. The first-order valence-corrected chi connectivity index (χ1v) is 7.07. The Hall–Kier alpha value is -1.34. The standard InChI is InChI=1S/C13H24N4O3/c1-13(2,11(14)16-19)12(18)15-6-10-7-17-5-3-4-9(17)8-20-10/h9-10,19H,3-8H2,1-2H3,(H2,14,16)(H,15,18). The molecule has 0 spiro atoms. The topological polar surface area (TPSA) is 100 Å². The van der Waals surface area contributed by atoms with Crippen molar-refractivity contribution in [1.82, 2.24) is 10.2 Å². The highest BCUT2D eigenvalue weighted by atomic mass is 16.5.